The Balaban J connectivity index is 2.23. The van der Waals surface area contributed by atoms with E-state index in [1.165, 1.54) is 30.3 Å². The van der Waals surface area contributed by atoms with Crippen LogP contribution in [0.1, 0.15) is 38.7 Å². The Hall–Kier alpha value is -3.77. The molecular weight excluding hydrogens is 345 g/mol. The molecule has 0 bridgehead atoms. The van der Waals surface area contributed by atoms with Gasteiger partial charge in [0.25, 0.3) is 11.8 Å². The number of carbonyl (C=O) groups is 2. The average Bonchev–Trinajstić information content (AvgIpc) is 2.94. The van der Waals surface area contributed by atoms with Crippen LogP contribution in [0.4, 0.5) is 4.39 Å². The second-order valence-electron chi connectivity index (χ2n) is 6.17. The van der Waals surface area contributed by atoms with Crippen molar-refractivity contribution in [2.45, 2.75) is 12.5 Å². The summed E-state index contributed by atoms with van der Waals surface area (Å²) in [5, 5.41) is 19.6. The van der Waals surface area contributed by atoms with Crippen molar-refractivity contribution >= 4 is 11.8 Å². The van der Waals surface area contributed by atoms with Crippen LogP contribution in [0.15, 0.2) is 61.2 Å². The van der Waals surface area contributed by atoms with Crippen LogP contribution in [0, 0.1) is 33.9 Å². The topological polar surface area (TPSA) is 85.0 Å². The van der Waals surface area contributed by atoms with Crippen LogP contribution in [0.5, 0.6) is 0 Å². The summed E-state index contributed by atoms with van der Waals surface area (Å²) in [5.74, 6) is -1.70. The molecule has 3 rings (SSSR count). The number of allylic oxidation sites excluding steroid dienone is 1. The third-order valence-electron chi connectivity index (χ3n) is 4.60. The lowest BCUT2D eigenvalue weighted by Gasteiger charge is -2.34. The molecule has 1 heterocycles. The van der Waals surface area contributed by atoms with Crippen molar-refractivity contribution in [3.63, 3.8) is 0 Å². The van der Waals surface area contributed by atoms with E-state index >= 15 is 0 Å². The summed E-state index contributed by atoms with van der Waals surface area (Å²) in [7, 11) is 0. The number of amides is 2. The molecule has 0 radical (unpaired) electrons. The minimum atomic E-state index is -1.76. The van der Waals surface area contributed by atoms with Crippen LogP contribution in [0.2, 0.25) is 0 Å². The van der Waals surface area contributed by atoms with Crippen molar-refractivity contribution < 1.29 is 14.0 Å². The Morgan fingerprint density at radius 2 is 1.56 bits per heavy atom. The third kappa shape index (κ3) is 2.78. The molecule has 0 fully saturated rings. The van der Waals surface area contributed by atoms with Crippen LogP contribution >= 0.6 is 0 Å². The van der Waals surface area contributed by atoms with Gasteiger partial charge in [-0.25, -0.2) is 4.39 Å². The number of benzene rings is 2. The summed E-state index contributed by atoms with van der Waals surface area (Å²) in [5.41, 5.74) is -1.03. The number of fused-ring (bicyclic) bond motifs is 1. The fourth-order valence-electron chi connectivity index (χ4n) is 3.32. The number of hydrogen-bond donors (Lipinski definition) is 0. The summed E-state index contributed by atoms with van der Waals surface area (Å²) in [6.07, 6.45) is 1.32. The number of halogens is 1. The summed E-state index contributed by atoms with van der Waals surface area (Å²) in [6, 6.07) is 14.1. The first-order valence-electron chi connectivity index (χ1n) is 8.15. The van der Waals surface area contributed by atoms with Gasteiger partial charge in [0.05, 0.1) is 29.3 Å². The van der Waals surface area contributed by atoms with Gasteiger partial charge >= 0.3 is 0 Å². The average molecular weight is 359 g/mol. The van der Waals surface area contributed by atoms with E-state index in [1.807, 2.05) is 12.1 Å². The Bertz CT molecular complexity index is 966. The molecule has 0 spiro atoms. The zero-order valence-electron chi connectivity index (χ0n) is 14.2. The Morgan fingerprint density at radius 1 is 1.04 bits per heavy atom. The lowest BCUT2D eigenvalue weighted by Crippen LogP contribution is -2.43. The Labute approximate surface area is 155 Å². The Morgan fingerprint density at radius 3 is 2.00 bits per heavy atom. The van der Waals surface area contributed by atoms with E-state index in [9.17, 15) is 24.5 Å². The van der Waals surface area contributed by atoms with Crippen molar-refractivity contribution in [1.29, 1.82) is 10.5 Å². The van der Waals surface area contributed by atoms with E-state index in [2.05, 4.69) is 6.58 Å². The highest BCUT2D eigenvalue weighted by molar-refractivity contribution is 6.21. The molecule has 27 heavy (non-hydrogen) atoms. The van der Waals surface area contributed by atoms with E-state index in [0.29, 0.717) is 5.56 Å². The standard InChI is InChI=1S/C21H14FN3O2/c1-2-11-21(12-23,13-24)18(14-7-9-15(22)10-8-14)25-19(26)16-5-3-4-6-17(16)20(25)27/h2-10,18H,1,11H2. The van der Waals surface area contributed by atoms with Crippen molar-refractivity contribution in [2.75, 3.05) is 0 Å². The van der Waals surface area contributed by atoms with Crippen molar-refractivity contribution in [3.05, 3.63) is 83.7 Å². The normalized spacial score (nSPS) is 14.3. The van der Waals surface area contributed by atoms with E-state index < -0.39 is 29.1 Å². The van der Waals surface area contributed by atoms with Gasteiger partial charge < -0.3 is 0 Å². The van der Waals surface area contributed by atoms with Gasteiger partial charge in [-0.15, -0.1) is 6.58 Å². The zero-order chi connectivity index (χ0) is 19.6. The number of carbonyl (C=O) groups excluding carboxylic acids is 2. The second-order valence-corrected chi connectivity index (χ2v) is 6.17. The first kappa shape index (κ1) is 18.0. The molecule has 2 aromatic carbocycles. The molecule has 1 aliphatic heterocycles. The number of imide groups is 1. The molecule has 0 N–H and O–H groups in total. The third-order valence-corrected chi connectivity index (χ3v) is 4.60. The van der Waals surface area contributed by atoms with Gasteiger partial charge in [0, 0.05) is 0 Å². The Kier molecular flexibility index (Phi) is 4.58. The van der Waals surface area contributed by atoms with E-state index in [-0.39, 0.29) is 17.5 Å². The molecule has 6 heteroatoms. The highest BCUT2D eigenvalue weighted by Gasteiger charge is 2.50. The molecule has 0 saturated carbocycles. The van der Waals surface area contributed by atoms with Crippen molar-refractivity contribution in [3.8, 4) is 12.1 Å². The smallest absolute Gasteiger partial charge is 0.262 e. The lowest BCUT2D eigenvalue weighted by atomic mass is 9.75. The zero-order valence-corrected chi connectivity index (χ0v) is 14.2. The van der Waals surface area contributed by atoms with Crippen molar-refractivity contribution in [2.24, 2.45) is 5.41 Å². The molecule has 0 aromatic heterocycles. The molecule has 132 valence electrons. The van der Waals surface area contributed by atoms with Crippen LogP contribution in [-0.4, -0.2) is 16.7 Å². The number of nitrogens with zero attached hydrogens (tertiary/aromatic N) is 3. The SMILES string of the molecule is C=CCC(C#N)(C#N)C(c1ccc(F)cc1)N1C(=O)c2ccccc2C1=O. The number of hydrogen-bond acceptors (Lipinski definition) is 4. The minimum absolute atomic E-state index is 0.0740. The molecule has 0 aliphatic carbocycles. The van der Waals surface area contributed by atoms with Crippen LogP contribution < -0.4 is 0 Å². The molecular formula is C21H14FN3O2. The maximum atomic E-state index is 13.4. The summed E-state index contributed by atoms with van der Waals surface area (Å²) >= 11 is 0. The molecule has 2 aromatic rings. The van der Waals surface area contributed by atoms with Crippen LogP contribution in [-0.2, 0) is 0 Å². The first-order chi connectivity index (χ1) is 13.0. The molecule has 1 aliphatic rings. The van der Waals surface area contributed by atoms with Gasteiger partial charge in [0.2, 0.25) is 0 Å². The molecule has 0 saturated heterocycles. The van der Waals surface area contributed by atoms with Crippen LogP contribution in [0.25, 0.3) is 0 Å². The monoisotopic (exact) mass is 359 g/mol. The minimum Gasteiger partial charge on any atom is -0.269 e. The predicted octanol–water partition coefficient (Wildman–Crippen LogP) is 3.77. The molecule has 1 unspecified atom stereocenters. The summed E-state index contributed by atoms with van der Waals surface area (Å²) in [4.78, 5) is 26.8. The summed E-state index contributed by atoms with van der Waals surface area (Å²) < 4.78 is 13.4. The van der Waals surface area contributed by atoms with Crippen molar-refractivity contribution in [1.82, 2.24) is 4.90 Å². The van der Waals surface area contributed by atoms with Crippen LogP contribution in [0.3, 0.4) is 0 Å². The van der Waals surface area contributed by atoms with Gasteiger partial charge in [-0.3, -0.25) is 14.5 Å². The highest BCUT2D eigenvalue weighted by atomic mass is 19.1. The second kappa shape index (κ2) is 6.86. The first-order valence-corrected chi connectivity index (χ1v) is 8.15. The lowest BCUT2D eigenvalue weighted by molar-refractivity contribution is 0.0508. The number of rotatable bonds is 5. The maximum Gasteiger partial charge on any atom is 0.262 e. The van der Waals surface area contributed by atoms with Gasteiger partial charge in [0.1, 0.15) is 5.82 Å². The molecule has 5 nitrogen and oxygen atoms in total. The maximum absolute atomic E-state index is 13.4. The largest absolute Gasteiger partial charge is 0.269 e. The molecule has 2 amide bonds. The van der Waals surface area contributed by atoms with Gasteiger partial charge in [-0.1, -0.05) is 30.3 Å². The quantitative estimate of drug-likeness (QED) is 0.601. The van der Waals surface area contributed by atoms with E-state index in [0.717, 1.165) is 17.0 Å². The predicted molar refractivity (Wildman–Crippen MR) is 94.6 cm³/mol. The summed E-state index contributed by atoms with van der Waals surface area (Å²) in [6.45, 7) is 3.59. The fourth-order valence-corrected chi connectivity index (χ4v) is 3.32. The highest BCUT2D eigenvalue weighted by Crippen LogP contribution is 2.44. The van der Waals surface area contributed by atoms with Gasteiger partial charge in [0.15, 0.2) is 5.41 Å². The van der Waals surface area contributed by atoms with E-state index in [1.54, 1.807) is 12.1 Å². The fraction of sp³-hybridized carbons (Fsp3) is 0.143. The molecule has 1 atom stereocenters. The number of nitriles is 2. The van der Waals surface area contributed by atoms with Gasteiger partial charge in [-0.2, -0.15) is 10.5 Å². The van der Waals surface area contributed by atoms with E-state index in [4.69, 9.17) is 0 Å². The van der Waals surface area contributed by atoms with Gasteiger partial charge in [-0.05, 0) is 36.2 Å².